The monoisotopic (exact) mass is 405 g/mol. The molecule has 152 valence electrons. The fourth-order valence-electron chi connectivity index (χ4n) is 3.75. The minimum atomic E-state index is -0.408. The quantitative estimate of drug-likeness (QED) is 0.334. The Kier molecular flexibility index (Phi) is 5.68. The molecular weight excluding hydrogens is 382 g/mol. The summed E-state index contributed by atoms with van der Waals surface area (Å²) in [6.45, 7) is 4.66. The zero-order valence-electron chi connectivity index (χ0n) is 17.6. The first kappa shape index (κ1) is 20.2. The number of hydrogen-bond acceptors (Lipinski definition) is 2. The fraction of sp³-hybridized carbons (Fsp3) is 0.111. The van der Waals surface area contributed by atoms with E-state index in [0.29, 0.717) is 12.2 Å². The lowest BCUT2D eigenvalue weighted by atomic mass is 10.1. The molecule has 4 rings (SSSR count). The third-order valence-electron chi connectivity index (χ3n) is 5.31. The van der Waals surface area contributed by atoms with Gasteiger partial charge in [0.25, 0.3) is 5.91 Å². The molecule has 0 unspecified atom stereocenters. The predicted molar refractivity (Wildman–Crippen MR) is 126 cm³/mol. The highest BCUT2D eigenvalue weighted by atomic mass is 16.1. The van der Waals surface area contributed by atoms with Gasteiger partial charge in [0, 0.05) is 34.9 Å². The molecule has 0 bridgehead atoms. The van der Waals surface area contributed by atoms with Crippen LogP contribution in [0, 0.1) is 25.2 Å². The number of nitriles is 1. The van der Waals surface area contributed by atoms with Crippen LogP contribution in [0.5, 0.6) is 0 Å². The molecule has 4 heteroatoms. The predicted octanol–water partition coefficient (Wildman–Crippen LogP) is 5.85. The van der Waals surface area contributed by atoms with Gasteiger partial charge >= 0.3 is 0 Å². The number of nitrogens with zero attached hydrogens (tertiary/aromatic N) is 2. The number of carbonyl (C=O) groups excluding carboxylic acids is 1. The standard InChI is InChI=1S/C27H23N3O/c1-19-12-13-25(20(2)14-19)29-27(31)22(16-28)15-23-18-30(17-21-8-4-3-5-9-21)26-11-7-6-10-24(23)26/h3-15,18H,17H2,1-2H3,(H,29,31)/b22-15+. The molecule has 0 spiro atoms. The molecule has 31 heavy (non-hydrogen) atoms. The highest BCUT2D eigenvalue weighted by Gasteiger charge is 2.14. The van der Waals surface area contributed by atoms with Crippen molar-refractivity contribution in [1.29, 1.82) is 5.26 Å². The number of carbonyl (C=O) groups is 1. The molecule has 1 amide bonds. The van der Waals surface area contributed by atoms with Gasteiger partial charge in [-0.3, -0.25) is 4.79 Å². The Morgan fingerprint density at radius 2 is 1.77 bits per heavy atom. The molecule has 0 atom stereocenters. The number of rotatable bonds is 5. The Labute approximate surface area is 182 Å². The normalized spacial score (nSPS) is 11.3. The molecule has 0 aliphatic rings. The van der Waals surface area contributed by atoms with Gasteiger partial charge in [0.15, 0.2) is 0 Å². The van der Waals surface area contributed by atoms with Crippen molar-refractivity contribution in [2.45, 2.75) is 20.4 Å². The molecule has 0 aliphatic heterocycles. The summed E-state index contributed by atoms with van der Waals surface area (Å²) in [4.78, 5) is 12.8. The van der Waals surface area contributed by atoms with Crippen molar-refractivity contribution in [2.75, 3.05) is 5.32 Å². The third kappa shape index (κ3) is 4.41. The molecule has 1 aromatic heterocycles. The van der Waals surface area contributed by atoms with Gasteiger partial charge in [0.05, 0.1) is 0 Å². The Hall–Kier alpha value is -4.10. The maximum atomic E-state index is 12.8. The van der Waals surface area contributed by atoms with E-state index in [1.165, 1.54) is 5.56 Å². The Balaban J connectivity index is 1.68. The maximum Gasteiger partial charge on any atom is 0.266 e. The summed E-state index contributed by atoms with van der Waals surface area (Å²) in [5.74, 6) is -0.408. The van der Waals surface area contributed by atoms with E-state index in [2.05, 4.69) is 34.2 Å². The average Bonchev–Trinajstić information content (AvgIpc) is 3.12. The Bertz CT molecular complexity index is 1320. The molecular formula is C27H23N3O. The largest absolute Gasteiger partial charge is 0.342 e. The summed E-state index contributed by atoms with van der Waals surface area (Å²) in [7, 11) is 0. The van der Waals surface area contributed by atoms with Gasteiger partial charge in [-0.15, -0.1) is 0 Å². The molecule has 0 aliphatic carbocycles. The number of amides is 1. The summed E-state index contributed by atoms with van der Waals surface area (Å²) >= 11 is 0. The van der Waals surface area contributed by atoms with Crippen LogP contribution < -0.4 is 5.32 Å². The molecule has 0 saturated carbocycles. The Morgan fingerprint density at radius 3 is 2.52 bits per heavy atom. The minimum absolute atomic E-state index is 0.0718. The molecule has 4 nitrogen and oxygen atoms in total. The van der Waals surface area contributed by atoms with E-state index >= 15 is 0 Å². The van der Waals surface area contributed by atoms with Crippen LogP contribution in [-0.4, -0.2) is 10.5 Å². The second-order valence-electron chi connectivity index (χ2n) is 7.66. The van der Waals surface area contributed by atoms with Crippen molar-refractivity contribution in [3.63, 3.8) is 0 Å². The smallest absolute Gasteiger partial charge is 0.266 e. The van der Waals surface area contributed by atoms with E-state index in [1.54, 1.807) is 6.08 Å². The van der Waals surface area contributed by atoms with Crippen LogP contribution in [-0.2, 0) is 11.3 Å². The van der Waals surface area contributed by atoms with Crippen LogP contribution in [0.25, 0.3) is 17.0 Å². The first-order chi connectivity index (χ1) is 15.0. The number of hydrogen-bond donors (Lipinski definition) is 1. The highest BCUT2D eigenvalue weighted by molar-refractivity contribution is 6.11. The second kappa shape index (κ2) is 8.73. The van der Waals surface area contributed by atoms with Crippen LogP contribution in [0.3, 0.4) is 0 Å². The van der Waals surface area contributed by atoms with Gasteiger partial charge in [-0.05, 0) is 43.2 Å². The molecule has 0 radical (unpaired) electrons. The van der Waals surface area contributed by atoms with Crippen LogP contribution in [0.15, 0.2) is 84.6 Å². The number of nitrogens with one attached hydrogen (secondary N) is 1. The van der Waals surface area contributed by atoms with Crippen molar-refractivity contribution < 1.29 is 4.79 Å². The first-order valence-electron chi connectivity index (χ1n) is 10.2. The van der Waals surface area contributed by atoms with E-state index in [4.69, 9.17) is 0 Å². The van der Waals surface area contributed by atoms with Crippen molar-refractivity contribution in [2.24, 2.45) is 0 Å². The first-order valence-corrected chi connectivity index (χ1v) is 10.2. The van der Waals surface area contributed by atoms with E-state index in [9.17, 15) is 10.1 Å². The second-order valence-corrected chi connectivity index (χ2v) is 7.66. The van der Waals surface area contributed by atoms with Crippen molar-refractivity contribution in [3.05, 3.63) is 107 Å². The lowest BCUT2D eigenvalue weighted by Gasteiger charge is -2.08. The van der Waals surface area contributed by atoms with E-state index in [1.807, 2.05) is 74.6 Å². The molecule has 4 aromatic rings. The zero-order valence-corrected chi connectivity index (χ0v) is 17.6. The molecule has 1 heterocycles. The van der Waals surface area contributed by atoms with Crippen LogP contribution >= 0.6 is 0 Å². The van der Waals surface area contributed by atoms with Crippen LogP contribution in [0.1, 0.15) is 22.3 Å². The summed E-state index contributed by atoms with van der Waals surface area (Å²) in [6, 6.07) is 26.1. The summed E-state index contributed by atoms with van der Waals surface area (Å²) in [6.07, 6.45) is 3.67. The molecule has 0 fully saturated rings. The van der Waals surface area contributed by atoms with Crippen LogP contribution in [0.2, 0.25) is 0 Å². The summed E-state index contributed by atoms with van der Waals surface area (Å²) in [5.41, 5.74) is 5.96. The lowest BCUT2D eigenvalue weighted by Crippen LogP contribution is -2.14. The van der Waals surface area contributed by atoms with Crippen molar-refractivity contribution in [1.82, 2.24) is 4.57 Å². The number of benzene rings is 3. The van der Waals surface area contributed by atoms with Gasteiger partial charge in [-0.25, -0.2) is 0 Å². The molecule has 3 aromatic carbocycles. The topological polar surface area (TPSA) is 57.8 Å². The van der Waals surface area contributed by atoms with Gasteiger partial charge in [-0.2, -0.15) is 5.26 Å². The van der Waals surface area contributed by atoms with Gasteiger partial charge in [0.1, 0.15) is 11.6 Å². The van der Waals surface area contributed by atoms with Crippen molar-refractivity contribution >= 4 is 28.6 Å². The van der Waals surface area contributed by atoms with Gasteiger partial charge < -0.3 is 9.88 Å². The number of fused-ring (bicyclic) bond motifs is 1. The lowest BCUT2D eigenvalue weighted by molar-refractivity contribution is -0.112. The molecule has 1 N–H and O–H groups in total. The van der Waals surface area contributed by atoms with E-state index in [0.717, 1.165) is 27.6 Å². The maximum absolute atomic E-state index is 12.8. The van der Waals surface area contributed by atoms with E-state index in [-0.39, 0.29) is 5.57 Å². The summed E-state index contributed by atoms with van der Waals surface area (Å²) < 4.78 is 2.15. The fourth-order valence-corrected chi connectivity index (χ4v) is 3.75. The Morgan fingerprint density at radius 1 is 1.03 bits per heavy atom. The number of aryl methyl sites for hydroxylation is 2. The van der Waals surface area contributed by atoms with E-state index < -0.39 is 5.91 Å². The highest BCUT2D eigenvalue weighted by Crippen LogP contribution is 2.25. The summed E-state index contributed by atoms with van der Waals surface area (Å²) in [5, 5.41) is 13.5. The minimum Gasteiger partial charge on any atom is -0.342 e. The average molecular weight is 406 g/mol. The van der Waals surface area contributed by atoms with Gasteiger partial charge in [-0.1, -0.05) is 66.2 Å². The number of para-hydroxylation sites is 1. The number of anilines is 1. The zero-order chi connectivity index (χ0) is 21.8. The SMILES string of the molecule is Cc1ccc(NC(=O)/C(C#N)=C/c2cn(Cc3ccccc3)c3ccccc23)c(C)c1. The van der Waals surface area contributed by atoms with Gasteiger partial charge in [0.2, 0.25) is 0 Å². The number of aromatic nitrogens is 1. The third-order valence-corrected chi connectivity index (χ3v) is 5.31. The van der Waals surface area contributed by atoms with Crippen LogP contribution in [0.4, 0.5) is 5.69 Å². The molecule has 0 saturated heterocycles. The van der Waals surface area contributed by atoms with Crippen molar-refractivity contribution in [3.8, 4) is 6.07 Å².